The Kier molecular flexibility index (Phi) is 8.59. The first kappa shape index (κ1) is 21.7. The number of aryl methyl sites for hydroxylation is 1. The number of unbranched alkanes of at least 4 members (excludes halogenated alkanes) is 1. The van der Waals surface area contributed by atoms with Crippen LogP contribution in [0, 0.1) is 17.7 Å². The summed E-state index contributed by atoms with van der Waals surface area (Å²) in [5, 5.41) is 0. The summed E-state index contributed by atoms with van der Waals surface area (Å²) in [7, 11) is 0. The summed E-state index contributed by atoms with van der Waals surface area (Å²) in [5.41, 5.74) is 0.774. The van der Waals surface area contributed by atoms with Crippen LogP contribution in [-0.2, 0) is 6.42 Å². The lowest BCUT2D eigenvalue weighted by molar-refractivity contribution is -0.0790. The van der Waals surface area contributed by atoms with Gasteiger partial charge in [0.15, 0.2) is 0 Å². The van der Waals surface area contributed by atoms with Gasteiger partial charge in [-0.3, -0.25) is 0 Å². The van der Waals surface area contributed by atoms with E-state index in [0.717, 1.165) is 24.0 Å². The molecule has 0 spiro atoms. The topological polar surface area (TPSA) is 0 Å². The first-order chi connectivity index (χ1) is 12.9. The number of benzene rings is 1. The fourth-order valence-electron chi connectivity index (χ4n) is 3.75. The molecule has 1 aliphatic rings. The van der Waals surface area contributed by atoms with E-state index < -0.39 is 12.0 Å². The lowest BCUT2D eigenvalue weighted by Crippen LogP contribution is -2.12. The Morgan fingerprint density at radius 2 is 1.85 bits per heavy atom. The van der Waals surface area contributed by atoms with Gasteiger partial charge in [0.1, 0.15) is 5.82 Å². The highest BCUT2D eigenvalue weighted by Gasteiger charge is 2.22. The van der Waals surface area contributed by atoms with Crippen molar-refractivity contribution in [1.82, 2.24) is 0 Å². The van der Waals surface area contributed by atoms with Gasteiger partial charge < -0.3 is 0 Å². The normalized spacial score (nSPS) is 21.4. The van der Waals surface area contributed by atoms with Crippen LogP contribution in [0.15, 0.2) is 36.4 Å². The van der Waals surface area contributed by atoms with Crippen LogP contribution in [0.2, 0.25) is 0 Å². The minimum atomic E-state index is -4.43. The SMILES string of the molecule is CCCCC1CCC(C=CCCc2ccc(C=CC(F)(F)F)c(F)c2)CC1. The molecule has 0 aliphatic heterocycles. The van der Waals surface area contributed by atoms with Crippen molar-refractivity contribution in [3.63, 3.8) is 0 Å². The van der Waals surface area contributed by atoms with Crippen molar-refractivity contribution in [3.05, 3.63) is 53.4 Å². The average molecular weight is 382 g/mol. The smallest absolute Gasteiger partial charge is 0.206 e. The highest BCUT2D eigenvalue weighted by molar-refractivity contribution is 5.51. The molecule has 0 nitrogen and oxygen atoms in total. The van der Waals surface area contributed by atoms with Crippen molar-refractivity contribution in [2.24, 2.45) is 11.8 Å². The van der Waals surface area contributed by atoms with Crippen LogP contribution in [-0.4, -0.2) is 6.18 Å². The van der Waals surface area contributed by atoms with Crippen LogP contribution in [0.3, 0.4) is 0 Å². The lowest BCUT2D eigenvalue weighted by atomic mass is 9.79. The fraction of sp³-hybridized carbons (Fsp3) is 0.565. The monoisotopic (exact) mass is 382 g/mol. The third-order valence-corrected chi connectivity index (χ3v) is 5.38. The van der Waals surface area contributed by atoms with E-state index in [9.17, 15) is 17.6 Å². The first-order valence-corrected chi connectivity index (χ1v) is 10.1. The van der Waals surface area contributed by atoms with Gasteiger partial charge >= 0.3 is 6.18 Å². The van der Waals surface area contributed by atoms with E-state index in [4.69, 9.17) is 0 Å². The number of halogens is 4. The highest BCUT2D eigenvalue weighted by atomic mass is 19.4. The van der Waals surface area contributed by atoms with E-state index in [1.165, 1.54) is 57.1 Å². The molecule has 0 N–H and O–H groups in total. The molecular weight excluding hydrogens is 352 g/mol. The quantitative estimate of drug-likeness (QED) is 0.317. The van der Waals surface area contributed by atoms with E-state index in [1.54, 1.807) is 6.07 Å². The molecule has 0 unspecified atom stereocenters. The van der Waals surface area contributed by atoms with Crippen molar-refractivity contribution in [1.29, 1.82) is 0 Å². The zero-order valence-corrected chi connectivity index (χ0v) is 16.1. The van der Waals surface area contributed by atoms with Gasteiger partial charge in [0.05, 0.1) is 0 Å². The maximum absolute atomic E-state index is 13.9. The van der Waals surface area contributed by atoms with Gasteiger partial charge in [0, 0.05) is 11.6 Å². The van der Waals surface area contributed by atoms with E-state index in [1.807, 2.05) is 0 Å². The molecule has 0 radical (unpaired) electrons. The summed E-state index contributed by atoms with van der Waals surface area (Å²) >= 11 is 0. The van der Waals surface area contributed by atoms with Crippen LogP contribution >= 0.6 is 0 Å². The minimum absolute atomic E-state index is 0.0357. The average Bonchev–Trinajstić information content (AvgIpc) is 2.63. The zero-order chi connectivity index (χ0) is 19.7. The second kappa shape index (κ2) is 10.7. The van der Waals surface area contributed by atoms with Gasteiger partial charge in [-0.1, -0.05) is 50.5 Å². The predicted molar refractivity (Wildman–Crippen MR) is 104 cm³/mol. The second-order valence-corrected chi connectivity index (χ2v) is 7.62. The number of rotatable bonds is 8. The summed E-state index contributed by atoms with van der Waals surface area (Å²) in [6.07, 6.45) is 11.6. The van der Waals surface area contributed by atoms with Gasteiger partial charge in [-0.15, -0.1) is 0 Å². The molecule has 0 amide bonds. The Balaban J connectivity index is 1.75. The fourth-order valence-corrected chi connectivity index (χ4v) is 3.75. The van der Waals surface area contributed by atoms with Crippen LogP contribution in [0.1, 0.15) is 69.4 Å². The second-order valence-electron chi connectivity index (χ2n) is 7.62. The molecule has 1 aromatic rings. The molecular formula is C23H30F4. The summed E-state index contributed by atoms with van der Waals surface area (Å²) in [6, 6.07) is 4.45. The van der Waals surface area contributed by atoms with Gasteiger partial charge in [-0.2, -0.15) is 13.2 Å². The summed E-state index contributed by atoms with van der Waals surface area (Å²) in [4.78, 5) is 0. The van der Waals surface area contributed by atoms with Gasteiger partial charge in [-0.05, 0) is 68.1 Å². The Morgan fingerprint density at radius 1 is 1.11 bits per heavy atom. The molecule has 1 saturated carbocycles. The minimum Gasteiger partial charge on any atom is -0.206 e. The van der Waals surface area contributed by atoms with Crippen LogP contribution in [0.25, 0.3) is 6.08 Å². The molecule has 0 atom stereocenters. The van der Waals surface area contributed by atoms with E-state index in [2.05, 4.69) is 19.1 Å². The molecule has 0 aromatic heterocycles. The van der Waals surface area contributed by atoms with Crippen molar-refractivity contribution < 1.29 is 17.6 Å². The molecule has 0 heterocycles. The molecule has 1 fully saturated rings. The maximum Gasteiger partial charge on any atom is 0.409 e. The van der Waals surface area contributed by atoms with Crippen LogP contribution in [0.5, 0.6) is 0 Å². The lowest BCUT2D eigenvalue weighted by Gasteiger charge is -2.26. The molecule has 2 rings (SSSR count). The van der Waals surface area contributed by atoms with Gasteiger partial charge in [0.2, 0.25) is 0 Å². The Bertz CT molecular complexity index is 620. The van der Waals surface area contributed by atoms with E-state index in [-0.39, 0.29) is 11.6 Å². The first-order valence-electron chi connectivity index (χ1n) is 10.1. The van der Waals surface area contributed by atoms with Crippen LogP contribution < -0.4 is 0 Å². The highest BCUT2D eigenvalue weighted by Crippen LogP contribution is 2.32. The van der Waals surface area contributed by atoms with Crippen molar-refractivity contribution in [2.75, 3.05) is 0 Å². The van der Waals surface area contributed by atoms with E-state index >= 15 is 0 Å². The summed E-state index contributed by atoms with van der Waals surface area (Å²) in [5.74, 6) is 0.958. The molecule has 0 saturated heterocycles. The molecule has 0 bridgehead atoms. The summed E-state index contributed by atoms with van der Waals surface area (Å²) in [6.45, 7) is 2.24. The van der Waals surface area contributed by atoms with Crippen LogP contribution in [0.4, 0.5) is 17.6 Å². The Labute approximate surface area is 160 Å². The van der Waals surface area contributed by atoms with Crippen molar-refractivity contribution >= 4 is 6.08 Å². The number of alkyl halides is 3. The van der Waals surface area contributed by atoms with Gasteiger partial charge in [-0.25, -0.2) is 4.39 Å². The Hall–Kier alpha value is -1.58. The summed E-state index contributed by atoms with van der Waals surface area (Å²) < 4.78 is 50.4. The molecule has 4 heteroatoms. The maximum atomic E-state index is 13.9. The molecule has 150 valence electrons. The third kappa shape index (κ3) is 8.32. The van der Waals surface area contributed by atoms with Gasteiger partial charge in [0.25, 0.3) is 0 Å². The number of allylic oxidation sites excluding steroid dienone is 3. The Morgan fingerprint density at radius 3 is 2.48 bits per heavy atom. The third-order valence-electron chi connectivity index (χ3n) is 5.38. The van der Waals surface area contributed by atoms with Crippen molar-refractivity contribution in [2.45, 2.75) is 70.9 Å². The number of hydrogen-bond acceptors (Lipinski definition) is 0. The molecule has 1 aromatic carbocycles. The number of hydrogen-bond donors (Lipinski definition) is 0. The van der Waals surface area contributed by atoms with E-state index in [0.29, 0.717) is 12.3 Å². The van der Waals surface area contributed by atoms with Crippen molar-refractivity contribution in [3.8, 4) is 0 Å². The standard InChI is InChI=1S/C23H30F4/c1-2-3-6-18-9-11-19(12-10-18)7-4-5-8-20-13-14-21(22(24)17-20)15-16-23(25,26)27/h4,7,13-19H,2-3,5-6,8-12H2,1H3. The predicted octanol–water partition coefficient (Wildman–Crippen LogP) is 7.89. The molecule has 1 aliphatic carbocycles. The largest absolute Gasteiger partial charge is 0.409 e. The molecule has 27 heavy (non-hydrogen) atoms. The zero-order valence-electron chi connectivity index (χ0n) is 16.1.